The quantitative estimate of drug-likeness (QED) is 0.729. The minimum absolute atomic E-state index is 0.0284. The number of benzene rings is 2. The molecule has 0 saturated carbocycles. The predicted molar refractivity (Wildman–Crippen MR) is 120 cm³/mol. The Hall–Kier alpha value is -2.26. The molecule has 0 aromatic heterocycles. The van der Waals surface area contributed by atoms with E-state index >= 15 is 0 Å². The van der Waals surface area contributed by atoms with Crippen molar-refractivity contribution in [3.8, 4) is 0 Å². The van der Waals surface area contributed by atoms with Crippen LogP contribution in [0.25, 0.3) is 0 Å². The van der Waals surface area contributed by atoms with E-state index in [1.807, 2.05) is 41.3 Å². The van der Waals surface area contributed by atoms with Gasteiger partial charge in [0.1, 0.15) is 0 Å². The second-order valence-corrected chi connectivity index (χ2v) is 10.2. The van der Waals surface area contributed by atoms with Gasteiger partial charge in [-0.1, -0.05) is 42.5 Å². The summed E-state index contributed by atoms with van der Waals surface area (Å²) in [4.78, 5) is 15.4. The van der Waals surface area contributed by atoms with Crippen molar-refractivity contribution in [1.82, 2.24) is 14.5 Å². The first-order chi connectivity index (χ1) is 15.0. The Morgan fingerprint density at radius 2 is 1.77 bits per heavy atom. The highest BCUT2D eigenvalue weighted by molar-refractivity contribution is 7.89. The number of nitrogens with two attached hydrogens (primary N) is 1. The Morgan fingerprint density at radius 1 is 1.03 bits per heavy atom. The highest BCUT2D eigenvalue weighted by Gasteiger charge is 2.39. The second kappa shape index (κ2) is 9.48. The van der Waals surface area contributed by atoms with Crippen LogP contribution in [0.4, 0.5) is 0 Å². The van der Waals surface area contributed by atoms with E-state index in [2.05, 4.69) is 5.32 Å². The highest BCUT2D eigenvalue weighted by Crippen LogP contribution is 2.34. The summed E-state index contributed by atoms with van der Waals surface area (Å²) in [5.41, 5.74) is 7.55. The molecule has 8 heteroatoms. The van der Waals surface area contributed by atoms with Crippen LogP contribution in [0.2, 0.25) is 0 Å². The number of nitrogens with zero attached hydrogens (tertiary/aromatic N) is 2. The number of piperazine rings is 1. The third-order valence-electron chi connectivity index (χ3n) is 6.24. The molecule has 166 valence electrons. The first-order valence-corrected chi connectivity index (χ1v) is 12.3. The number of rotatable bonds is 5. The van der Waals surface area contributed by atoms with Gasteiger partial charge in [-0.2, -0.15) is 4.31 Å². The van der Waals surface area contributed by atoms with Crippen molar-refractivity contribution in [3.05, 3.63) is 65.7 Å². The van der Waals surface area contributed by atoms with Crippen LogP contribution in [0.1, 0.15) is 23.5 Å². The summed E-state index contributed by atoms with van der Waals surface area (Å²) in [5.74, 6) is -0.332. The number of carbonyl (C=O) groups excluding carboxylic acids is 1. The van der Waals surface area contributed by atoms with Crippen LogP contribution >= 0.6 is 0 Å². The molecule has 2 fully saturated rings. The van der Waals surface area contributed by atoms with Gasteiger partial charge >= 0.3 is 0 Å². The van der Waals surface area contributed by atoms with Gasteiger partial charge in [0.05, 0.1) is 10.8 Å². The summed E-state index contributed by atoms with van der Waals surface area (Å²) in [6.07, 6.45) is 0.654. The molecule has 2 heterocycles. The first kappa shape index (κ1) is 22.0. The summed E-state index contributed by atoms with van der Waals surface area (Å²) < 4.78 is 28.5. The van der Waals surface area contributed by atoms with Crippen molar-refractivity contribution in [2.45, 2.75) is 23.8 Å². The lowest BCUT2D eigenvalue weighted by molar-refractivity contribution is -0.137. The lowest BCUT2D eigenvalue weighted by Crippen LogP contribution is -2.53. The van der Waals surface area contributed by atoms with Crippen molar-refractivity contribution < 1.29 is 13.2 Å². The predicted octanol–water partition coefficient (Wildman–Crippen LogP) is 1.37. The molecule has 2 aliphatic heterocycles. The van der Waals surface area contributed by atoms with Crippen molar-refractivity contribution in [3.63, 3.8) is 0 Å². The molecule has 1 amide bonds. The number of sulfonamides is 1. The van der Waals surface area contributed by atoms with E-state index in [-0.39, 0.29) is 35.7 Å². The SMILES string of the molecule is NCc1cccc(S(=O)(=O)N2C[C@@H](C(=O)N3CCNCC3)C[C@@H](c3ccccc3)C2)c1. The van der Waals surface area contributed by atoms with Crippen LogP contribution in [0.15, 0.2) is 59.5 Å². The molecule has 7 nitrogen and oxygen atoms in total. The largest absolute Gasteiger partial charge is 0.340 e. The minimum atomic E-state index is -3.74. The van der Waals surface area contributed by atoms with Crippen LogP contribution < -0.4 is 11.1 Å². The zero-order chi connectivity index (χ0) is 21.8. The fraction of sp³-hybridized carbons (Fsp3) is 0.435. The van der Waals surface area contributed by atoms with E-state index in [9.17, 15) is 13.2 Å². The maximum Gasteiger partial charge on any atom is 0.243 e. The van der Waals surface area contributed by atoms with Gasteiger partial charge < -0.3 is 16.0 Å². The monoisotopic (exact) mass is 442 g/mol. The van der Waals surface area contributed by atoms with Gasteiger partial charge in [-0.05, 0) is 35.6 Å². The molecular formula is C23H30N4O3S. The third kappa shape index (κ3) is 4.82. The van der Waals surface area contributed by atoms with Crippen LogP contribution in [0, 0.1) is 5.92 Å². The van der Waals surface area contributed by atoms with Crippen molar-refractivity contribution in [2.75, 3.05) is 39.3 Å². The Balaban J connectivity index is 1.64. The molecule has 2 atom stereocenters. The Kier molecular flexibility index (Phi) is 6.71. The summed E-state index contributed by atoms with van der Waals surface area (Å²) in [6.45, 7) is 3.72. The zero-order valence-electron chi connectivity index (χ0n) is 17.6. The third-order valence-corrected chi connectivity index (χ3v) is 8.07. The van der Waals surface area contributed by atoms with E-state index in [1.165, 1.54) is 4.31 Å². The zero-order valence-corrected chi connectivity index (χ0v) is 18.4. The summed E-state index contributed by atoms with van der Waals surface area (Å²) in [5, 5.41) is 3.26. The van der Waals surface area contributed by atoms with Gasteiger partial charge in [0.2, 0.25) is 15.9 Å². The van der Waals surface area contributed by atoms with Gasteiger partial charge in [-0.15, -0.1) is 0 Å². The molecule has 0 bridgehead atoms. The van der Waals surface area contributed by atoms with Crippen LogP contribution in [-0.2, 0) is 21.4 Å². The first-order valence-electron chi connectivity index (χ1n) is 10.8. The van der Waals surface area contributed by atoms with Crippen molar-refractivity contribution >= 4 is 15.9 Å². The van der Waals surface area contributed by atoms with Gasteiger partial charge in [0.25, 0.3) is 0 Å². The molecule has 2 saturated heterocycles. The van der Waals surface area contributed by atoms with Crippen LogP contribution in [0.3, 0.4) is 0 Å². The Morgan fingerprint density at radius 3 is 2.48 bits per heavy atom. The minimum Gasteiger partial charge on any atom is -0.340 e. The summed E-state index contributed by atoms with van der Waals surface area (Å²) in [6, 6.07) is 16.7. The van der Waals surface area contributed by atoms with Crippen molar-refractivity contribution in [2.24, 2.45) is 11.7 Å². The molecule has 0 radical (unpaired) electrons. The molecule has 2 aromatic rings. The number of nitrogens with one attached hydrogen (secondary N) is 1. The fourth-order valence-corrected chi connectivity index (χ4v) is 6.13. The van der Waals surface area contributed by atoms with Gasteiger partial charge in [-0.25, -0.2) is 8.42 Å². The lowest BCUT2D eigenvalue weighted by Gasteiger charge is -2.39. The van der Waals surface area contributed by atoms with Gasteiger partial charge in [0, 0.05) is 45.8 Å². The lowest BCUT2D eigenvalue weighted by atomic mass is 9.85. The summed E-state index contributed by atoms with van der Waals surface area (Å²) >= 11 is 0. The smallest absolute Gasteiger partial charge is 0.243 e. The van der Waals surface area contributed by atoms with E-state index in [0.717, 1.165) is 24.2 Å². The number of hydrogen-bond donors (Lipinski definition) is 2. The molecule has 0 unspecified atom stereocenters. The standard InChI is InChI=1S/C23H30N4O3S/c24-15-18-5-4-8-22(13-18)31(29,30)27-16-20(19-6-2-1-3-7-19)14-21(17-27)23(28)26-11-9-25-10-12-26/h1-8,13,20-21,25H,9-12,14-17,24H2/t20-,21+/m1/s1. The Labute approximate surface area is 184 Å². The van der Waals surface area contributed by atoms with Crippen LogP contribution in [-0.4, -0.2) is 62.8 Å². The Bertz CT molecular complexity index is 1010. The van der Waals surface area contributed by atoms with E-state index in [1.54, 1.807) is 18.2 Å². The van der Waals surface area contributed by atoms with E-state index < -0.39 is 10.0 Å². The molecule has 2 aromatic carbocycles. The van der Waals surface area contributed by atoms with Crippen molar-refractivity contribution in [1.29, 1.82) is 0 Å². The van der Waals surface area contributed by atoms with Gasteiger partial charge in [-0.3, -0.25) is 4.79 Å². The molecule has 2 aliphatic rings. The fourth-order valence-electron chi connectivity index (χ4n) is 4.53. The maximum atomic E-state index is 13.5. The number of amides is 1. The van der Waals surface area contributed by atoms with Crippen LogP contribution in [0.5, 0.6) is 0 Å². The second-order valence-electron chi connectivity index (χ2n) is 8.29. The van der Waals surface area contributed by atoms with E-state index in [0.29, 0.717) is 26.1 Å². The highest BCUT2D eigenvalue weighted by atomic mass is 32.2. The molecule has 0 spiro atoms. The molecule has 0 aliphatic carbocycles. The average molecular weight is 443 g/mol. The van der Waals surface area contributed by atoms with Gasteiger partial charge in [0.15, 0.2) is 0 Å². The maximum absolute atomic E-state index is 13.5. The number of hydrogen-bond acceptors (Lipinski definition) is 5. The molecule has 31 heavy (non-hydrogen) atoms. The molecular weight excluding hydrogens is 412 g/mol. The number of carbonyl (C=O) groups is 1. The topological polar surface area (TPSA) is 95.7 Å². The average Bonchev–Trinajstić information content (AvgIpc) is 2.84. The number of piperidine rings is 1. The summed E-state index contributed by atoms with van der Waals surface area (Å²) in [7, 11) is -3.74. The van der Waals surface area contributed by atoms with E-state index in [4.69, 9.17) is 5.73 Å². The normalized spacial score (nSPS) is 22.9. The molecule has 3 N–H and O–H groups in total. The molecule has 4 rings (SSSR count).